The zero-order chi connectivity index (χ0) is 26.6. The third kappa shape index (κ3) is 34.0. The van der Waals surface area contributed by atoms with Crippen LogP contribution in [0, 0.1) is 0 Å². The van der Waals surface area contributed by atoms with Gasteiger partial charge in [-0.3, -0.25) is 19.2 Å². The fraction of sp³-hybridized carbons (Fsp3) is 0.840. The van der Waals surface area contributed by atoms with Crippen LogP contribution in [0.15, 0.2) is 0 Å². The molecular formula is C25H48N2O8. The van der Waals surface area contributed by atoms with Crippen LogP contribution in [-0.2, 0) is 28.7 Å². The summed E-state index contributed by atoms with van der Waals surface area (Å²) in [7, 11) is 0. The summed E-state index contributed by atoms with van der Waals surface area (Å²) in [5.74, 6) is -1.86. The molecule has 35 heavy (non-hydrogen) atoms. The van der Waals surface area contributed by atoms with Crippen molar-refractivity contribution in [3.8, 4) is 0 Å². The third-order valence-corrected chi connectivity index (χ3v) is 4.95. The number of nitrogens with one attached hydrogen (secondary N) is 2. The zero-order valence-electron chi connectivity index (χ0n) is 21.8. The molecule has 0 atom stereocenters. The molecule has 0 aliphatic carbocycles. The number of ether oxygens (including phenoxy) is 2. The van der Waals surface area contributed by atoms with Gasteiger partial charge in [0.2, 0.25) is 11.8 Å². The Labute approximate surface area is 210 Å². The summed E-state index contributed by atoms with van der Waals surface area (Å²) in [6.45, 7) is 6.54. The van der Waals surface area contributed by atoms with Gasteiger partial charge in [-0.05, 0) is 19.8 Å². The summed E-state index contributed by atoms with van der Waals surface area (Å²) < 4.78 is 10.3. The summed E-state index contributed by atoms with van der Waals surface area (Å²) >= 11 is 0. The molecular weight excluding hydrogens is 456 g/mol. The van der Waals surface area contributed by atoms with Crippen LogP contribution in [0.1, 0.15) is 97.3 Å². The molecule has 0 aliphatic rings. The number of carboxylic acids is 2. The maximum atomic E-state index is 11.2. The SMILES string of the molecule is CCOCCOCCNC(=O)CC.O=C(O)CCCCCCCCCCCCC(=O)NCC(=O)O. The Balaban J connectivity index is 0. The standard InChI is InChI=1S/C16H29NO5.C9H19NO3/c18-14(17-13-16(21)22)11-9-7-5-3-1-2-4-6-8-10-12-15(19)20;1-3-9(11)10-5-6-13-8-7-12-4-2/h1-13H2,(H,17,18)(H,19,20)(H,21,22);3-8H2,1-2H3,(H,10,11). The van der Waals surface area contributed by atoms with Crippen LogP contribution in [0.25, 0.3) is 0 Å². The summed E-state index contributed by atoms with van der Waals surface area (Å²) in [4.78, 5) is 42.6. The van der Waals surface area contributed by atoms with Gasteiger partial charge in [0.25, 0.3) is 0 Å². The molecule has 10 heteroatoms. The summed E-state index contributed by atoms with van der Waals surface area (Å²) in [5.41, 5.74) is 0. The minimum atomic E-state index is -1.02. The minimum Gasteiger partial charge on any atom is -0.481 e. The van der Waals surface area contributed by atoms with E-state index in [4.69, 9.17) is 19.7 Å². The van der Waals surface area contributed by atoms with Gasteiger partial charge in [-0.1, -0.05) is 58.3 Å². The smallest absolute Gasteiger partial charge is 0.322 e. The molecule has 0 rings (SSSR count). The van der Waals surface area contributed by atoms with Crippen molar-refractivity contribution >= 4 is 23.8 Å². The number of carbonyl (C=O) groups excluding carboxylic acids is 2. The molecule has 0 aromatic heterocycles. The van der Waals surface area contributed by atoms with Crippen LogP contribution in [0.4, 0.5) is 0 Å². The molecule has 10 nitrogen and oxygen atoms in total. The predicted octanol–water partition coefficient (Wildman–Crippen LogP) is 3.52. The van der Waals surface area contributed by atoms with Gasteiger partial charge < -0.3 is 30.3 Å². The molecule has 0 spiro atoms. The molecule has 2 amide bonds. The lowest BCUT2D eigenvalue weighted by Crippen LogP contribution is -2.28. The first-order valence-corrected chi connectivity index (χ1v) is 13.0. The monoisotopic (exact) mass is 504 g/mol. The van der Waals surface area contributed by atoms with Crippen LogP contribution < -0.4 is 10.6 Å². The van der Waals surface area contributed by atoms with Crippen LogP contribution in [0.5, 0.6) is 0 Å². The first-order chi connectivity index (χ1) is 16.8. The van der Waals surface area contributed by atoms with E-state index in [0.717, 1.165) is 58.0 Å². The molecule has 0 aliphatic heterocycles. The quantitative estimate of drug-likeness (QED) is 0.154. The maximum Gasteiger partial charge on any atom is 0.322 e. The number of unbranched alkanes of at least 4 members (excludes halogenated alkanes) is 9. The first-order valence-electron chi connectivity index (χ1n) is 13.0. The number of hydrogen-bond donors (Lipinski definition) is 4. The number of rotatable bonds is 23. The first kappa shape index (κ1) is 35.0. The van der Waals surface area contributed by atoms with Gasteiger partial charge in [-0.25, -0.2) is 0 Å². The van der Waals surface area contributed by atoms with Crippen LogP contribution >= 0.6 is 0 Å². The maximum absolute atomic E-state index is 11.2. The van der Waals surface area contributed by atoms with E-state index in [9.17, 15) is 19.2 Å². The summed E-state index contributed by atoms with van der Waals surface area (Å²) in [5, 5.41) is 22.0. The van der Waals surface area contributed by atoms with Crippen LogP contribution in [0.2, 0.25) is 0 Å². The fourth-order valence-electron chi connectivity index (χ4n) is 2.99. The van der Waals surface area contributed by atoms with Crippen molar-refractivity contribution in [2.45, 2.75) is 97.3 Å². The molecule has 4 N–H and O–H groups in total. The van der Waals surface area contributed by atoms with Crippen molar-refractivity contribution in [3.05, 3.63) is 0 Å². The lowest BCUT2D eigenvalue weighted by Gasteiger charge is -2.05. The second-order valence-electron chi connectivity index (χ2n) is 8.11. The Kier molecular flexibility index (Phi) is 28.0. The molecule has 0 aromatic carbocycles. The number of aliphatic carboxylic acids is 2. The second kappa shape index (κ2) is 28.0. The van der Waals surface area contributed by atoms with E-state index in [2.05, 4.69) is 10.6 Å². The summed E-state index contributed by atoms with van der Waals surface area (Å²) in [6.07, 6.45) is 11.7. The van der Waals surface area contributed by atoms with Gasteiger partial charge in [0.15, 0.2) is 0 Å². The van der Waals surface area contributed by atoms with Crippen molar-refractivity contribution in [2.24, 2.45) is 0 Å². The Morgan fingerprint density at radius 3 is 1.60 bits per heavy atom. The van der Waals surface area contributed by atoms with Crippen molar-refractivity contribution in [1.29, 1.82) is 0 Å². The second-order valence-corrected chi connectivity index (χ2v) is 8.11. The Bertz CT molecular complexity index is 544. The Morgan fingerprint density at radius 1 is 0.600 bits per heavy atom. The van der Waals surface area contributed by atoms with Gasteiger partial charge >= 0.3 is 11.9 Å². The molecule has 0 heterocycles. The van der Waals surface area contributed by atoms with Crippen LogP contribution in [-0.4, -0.2) is 73.5 Å². The lowest BCUT2D eigenvalue weighted by molar-refractivity contribution is -0.138. The number of amides is 2. The van der Waals surface area contributed by atoms with Gasteiger partial charge in [-0.2, -0.15) is 0 Å². The van der Waals surface area contributed by atoms with E-state index in [1.807, 2.05) is 13.8 Å². The fourth-order valence-corrected chi connectivity index (χ4v) is 2.99. The third-order valence-electron chi connectivity index (χ3n) is 4.95. The van der Waals surface area contributed by atoms with E-state index in [1.165, 1.54) is 12.8 Å². The van der Waals surface area contributed by atoms with Crippen molar-refractivity contribution in [1.82, 2.24) is 10.6 Å². The highest BCUT2D eigenvalue weighted by molar-refractivity contribution is 5.81. The van der Waals surface area contributed by atoms with E-state index in [-0.39, 0.29) is 24.8 Å². The highest BCUT2D eigenvalue weighted by Gasteiger charge is 2.03. The van der Waals surface area contributed by atoms with Gasteiger partial charge in [0, 0.05) is 32.4 Å². The summed E-state index contributed by atoms with van der Waals surface area (Å²) in [6, 6.07) is 0. The largest absolute Gasteiger partial charge is 0.481 e. The molecule has 206 valence electrons. The van der Waals surface area contributed by atoms with E-state index < -0.39 is 11.9 Å². The predicted molar refractivity (Wildman–Crippen MR) is 134 cm³/mol. The highest BCUT2D eigenvalue weighted by atomic mass is 16.5. The average Bonchev–Trinajstić information content (AvgIpc) is 2.82. The van der Waals surface area contributed by atoms with Gasteiger partial charge in [0.05, 0.1) is 19.8 Å². The molecule has 0 saturated carbocycles. The van der Waals surface area contributed by atoms with E-state index >= 15 is 0 Å². The topological polar surface area (TPSA) is 151 Å². The van der Waals surface area contributed by atoms with Crippen molar-refractivity contribution in [2.75, 3.05) is 39.5 Å². The molecule has 0 unspecified atom stereocenters. The highest BCUT2D eigenvalue weighted by Crippen LogP contribution is 2.12. The molecule has 0 bridgehead atoms. The molecule has 0 saturated heterocycles. The number of carboxylic acid groups (broad SMARTS) is 2. The molecule has 0 fully saturated rings. The number of hydrogen-bond acceptors (Lipinski definition) is 6. The van der Waals surface area contributed by atoms with E-state index in [1.54, 1.807) is 0 Å². The lowest BCUT2D eigenvalue weighted by atomic mass is 10.1. The zero-order valence-corrected chi connectivity index (χ0v) is 21.8. The van der Waals surface area contributed by atoms with E-state index in [0.29, 0.717) is 39.2 Å². The normalized spacial score (nSPS) is 10.2. The average molecular weight is 505 g/mol. The van der Waals surface area contributed by atoms with Gasteiger partial charge in [-0.15, -0.1) is 0 Å². The van der Waals surface area contributed by atoms with Crippen molar-refractivity contribution in [3.63, 3.8) is 0 Å². The van der Waals surface area contributed by atoms with Crippen molar-refractivity contribution < 1.29 is 38.9 Å². The number of carbonyl (C=O) groups is 4. The van der Waals surface area contributed by atoms with Gasteiger partial charge in [0.1, 0.15) is 6.54 Å². The minimum absolute atomic E-state index is 0.0633. The Morgan fingerprint density at radius 2 is 1.11 bits per heavy atom. The van der Waals surface area contributed by atoms with Crippen LogP contribution in [0.3, 0.4) is 0 Å². The molecule has 0 radical (unpaired) electrons. The molecule has 0 aromatic rings. The Hall–Kier alpha value is -2.20.